The molecule has 0 fully saturated rings. The van der Waals surface area contributed by atoms with Crippen LogP contribution in [0.2, 0.25) is 0 Å². The van der Waals surface area contributed by atoms with Crippen molar-refractivity contribution < 1.29 is 19.0 Å². The van der Waals surface area contributed by atoms with Crippen molar-refractivity contribution in [1.82, 2.24) is 0 Å². The lowest BCUT2D eigenvalue weighted by molar-refractivity contribution is 0.0697. The summed E-state index contributed by atoms with van der Waals surface area (Å²) < 4.78 is 19.4. The summed E-state index contributed by atoms with van der Waals surface area (Å²) in [4.78, 5) is 11.4. The third-order valence-corrected chi connectivity index (χ3v) is 3.63. The molecule has 0 aliphatic heterocycles. The van der Waals surface area contributed by atoms with Crippen LogP contribution in [0.15, 0.2) is 36.4 Å². The Balaban J connectivity index is 2.36. The molecule has 24 heavy (non-hydrogen) atoms. The first-order valence-electron chi connectivity index (χ1n) is 7.70. The Hall–Kier alpha value is -2.71. The quantitative estimate of drug-likeness (QED) is 0.766. The van der Waals surface area contributed by atoms with Crippen molar-refractivity contribution in [3.8, 4) is 17.2 Å². The van der Waals surface area contributed by atoms with E-state index in [1.54, 1.807) is 24.3 Å². The van der Waals surface area contributed by atoms with Crippen LogP contribution in [0.3, 0.4) is 0 Å². The molecule has 0 bridgehead atoms. The van der Waals surface area contributed by atoms with Gasteiger partial charge in [0.05, 0.1) is 17.7 Å². The normalized spacial score (nSPS) is 10.4. The highest BCUT2D eigenvalue weighted by Crippen LogP contribution is 2.27. The van der Waals surface area contributed by atoms with Crippen molar-refractivity contribution >= 4 is 5.97 Å². The number of carbonyl (C=O) groups is 1. The maximum atomic E-state index is 13.9. The molecule has 2 aromatic carbocycles. The number of ether oxygens (including phenoxy) is 1. The maximum absolute atomic E-state index is 13.9. The molecular formula is C19H18FNO3. The summed E-state index contributed by atoms with van der Waals surface area (Å²) in [5, 5.41) is 18.2. The standard InChI is InChI=1S/C19H18FNO3/c1-2-3-8-24-12-13-4-7-16(19(22)23)17(9-13)14-5-6-15(11-21)18(20)10-14/h4-7,9-10H,2-3,8,12H2,1H3,(H,22,23). The van der Waals surface area contributed by atoms with Crippen LogP contribution >= 0.6 is 0 Å². The lowest BCUT2D eigenvalue weighted by atomic mass is 9.96. The van der Waals surface area contributed by atoms with E-state index >= 15 is 0 Å². The highest BCUT2D eigenvalue weighted by Gasteiger charge is 2.14. The van der Waals surface area contributed by atoms with E-state index in [1.165, 1.54) is 18.2 Å². The SMILES string of the molecule is CCCCOCc1ccc(C(=O)O)c(-c2ccc(C#N)c(F)c2)c1. The second-order valence-electron chi connectivity index (χ2n) is 5.40. The van der Waals surface area contributed by atoms with Crippen LogP contribution in [0.1, 0.15) is 41.3 Å². The number of benzene rings is 2. The number of nitrogens with zero attached hydrogens (tertiary/aromatic N) is 1. The zero-order chi connectivity index (χ0) is 17.5. The van der Waals surface area contributed by atoms with Crippen LogP contribution in [-0.2, 0) is 11.3 Å². The number of aromatic carboxylic acids is 1. The van der Waals surface area contributed by atoms with Gasteiger partial charge in [-0.3, -0.25) is 0 Å². The van der Waals surface area contributed by atoms with E-state index in [1.807, 2.05) is 0 Å². The van der Waals surface area contributed by atoms with Gasteiger partial charge in [0.1, 0.15) is 11.9 Å². The number of rotatable bonds is 7. The predicted molar refractivity (Wildman–Crippen MR) is 88.1 cm³/mol. The van der Waals surface area contributed by atoms with Gasteiger partial charge in [-0.05, 0) is 47.4 Å². The largest absolute Gasteiger partial charge is 0.478 e. The van der Waals surface area contributed by atoms with Gasteiger partial charge in [0.2, 0.25) is 0 Å². The first kappa shape index (κ1) is 17.6. The third kappa shape index (κ3) is 4.18. The summed E-state index contributed by atoms with van der Waals surface area (Å²) in [6.07, 6.45) is 1.99. The zero-order valence-electron chi connectivity index (χ0n) is 13.4. The van der Waals surface area contributed by atoms with E-state index in [9.17, 15) is 14.3 Å². The van der Waals surface area contributed by atoms with Crippen molar-refractivity contribution in [2.75, 3.05) is 6.61 Å². The molecule has 0 spiro atoms. The minimum Gasteiger partial charge on any atom is -0.478 e. The lowest BCUT2D eigenvalue weighted by Crippen LogP contribution is -2.02. The first-order chi connectivity index (χ1) is 11.6. The number of carboxylic acid groups (broad SMARTS) is 1. The molecule has 2 rings (SSSR count). The molecule has 0 aromatic heterocycles. The second kappa shape index (κ2) is 8.23. The number of carboxylic acids is 1. The molecule has 0 radical (unpaired) electrons. The van der Waals surface area contributed by atoms with Gasteiger partial charge in [-0.2, -0.15) is 5.26 Å². The number of halogens is 1. The van der Waals surface area contributed by atoms with Crippen LogP contribution in [0.25, 0.3) is 11.1 Å². The molecule has 2 aromatic rings. The van der Waals surface area contributed by atoms with Crippen LogP contribution in [0.4, 0.5) is 4.39 Å². The minimum atomic E-state index is -1.09. The Kier molecular flexibility index (Phi) is 6.05. The van der Waals surface area contributed by atoms with Crippen molar-refractivity contribution in [3.63, 3.8) is 0 Å². The Labute approximate surface area is 140 Å². The van der Waals surface area contributed by atoms with Gasteiger partial charge in [0.15, 0.2) is 0 Å². The number of hydrogen-bond donors (Lipinski definition) is 1. The highest BCUT2D eigenvalue weighted by atomic mass is 19.1. The van der Waals surface area contributed by atoms with Crippen LogP contribution < -0.4 is 0 Å². The summed E-state index contributed by atoms with van der Waals surface area (Å²) in [6.45, 7) is 3.08. The molecule has 1 N–H and O–H groups in total. The van der Waals surface area contributed by atoms with E-state index in [0.29, 0.717) is 24.3 Å². The van der Waals surface area contributed by atoms with Crippen molar-refractivity contribution in [1.29, 1.82) is 5.26 Å². The van der Waals surface area contributed by atoms with Crippen molar-refractivity contribution in [2.24, 2.45) is 0 Å². The molecule has 5 heteroatoms. The third-order valence-electron chi connectivity index (χ3n) is 3.63. The average Bonchev–Trinajstić information content (AvgIpc) is 2.58. The summed E-state index contributed by atoms with van der Waals surface area (Å²) in [5.41, 5.74) is 1.64. The van der Waals surface area contributed by atoms with Crippen molar-refractivity contribution in [2.45, 2.75) is 26.4 Å². The number of hydrogen-bond acceptors (Lipinski definition) is 3. The van der Waals surface area contributed by atoms with E-state index < -0.39 is 11.8 Å². The molecular weight excluding hydrogens is 309 g/mol. The molecule has 0 saturated carbocycles. The molecule has 0 amide bonds. The highest BCUT2D eigenvalue weighted by molar-refractivity contribution is 5.96. The summed E-state index contributed by atoms with van der Waals surface area (Å²) >= 11 is 0. The average molecular weight is 327 g/mol. The van der Waals surface area contributed by atoms with Crippen molar-refractivity contribution in [3.05, 3.63) is 58.9 Å². The summed E-state index contributed by atoms with van der Waals surface area (Å²) in [5.74, 6) is -1.76. The molecule has 0 heterocycles. The molecule has 4 nitrogen and oxygen atoms in total. The maximum Gasteiger partial charge on any atom is 0.336 e. The Morgan fingerprint density at radius 3 is 2.71 bits per heavy atom. The predicted octanol–water partition coefficient (Wildman–Crippen LogP) is 4.38. The Morgan fingerprint density at radius 2 is 2.08 bits per heavy atom. The summed E-state index contributed by atoms with van der Waals surface area (Å²) in [6, 6.07) is 10.7. The fraction of sp³-hybridized carbons (Fsp3) is 0.263. The smallest absolute Gasteiger partial charge is 0.336 e. The molecule has 0 aliphatic rings. The number of nitriles is 1. The van der Waals surface area contributed by atoms with Crippen LogP contribution in [-0.4, -0.2) is 17.7 Å². The fourth-order valence-electron chi connectivity index (χ4n) is 2.32. The Bertz CT molecular complexity index is 781. The van der Waals surface area contributed by atoms with Crippen LogP contribution in [0.5, 0.6) is 0 Å². The van der Waals surface area contributed by atoms with Gasteiger partial charge in [-0.25, -0.2) is 9.18 Å². The van der Waals surface area contributed by atoms with Gasteiger partial charge in [-0.15, -0.1) is 0 Å². The van der Waals surface area contributed by atoms with Gasteiger partial charge in [0.25, 0.3) is 0 Å². The minimum absolute atomic E-state index is 0.0744. The monoisotopic (exact) mass is 327 g/mol. The first-order valence-corrected chi connectivity index (χ1v) is 7.70. The topological polar surface area (TPSA) is 70.3 Å². The van der Waals surface area contributed by atoms with Gasteiger partial charge < -0.3 is 9.84 Å². The van der Waals surface area contributed by atoms with E-state index in [4.69, 9.17) is 10.00 Å². The molecule has 0 saturated heterocycles. The second-order valence-corrected chi connectivity index (χ2v) is 5.40. The van der Waals surface area contributed by atoms with E-state index in [0.717, 1.165) is 18.4 Å². The number of unbranched alkanes of at least 4 members (excludes halogenated alkanes) is 1. The summed E-state index contributed by atoms with van der Waals surface area (Å²) in [7, 11) is 0. The Morgan fingerprint density at radius 1 is 1.29 bits per heavy atom. The lowest BCUT2D eigenvalue weighted by Gasteiger charge is -2.10. The molecule has 0 atom stereocenters. The van der Waals surface area contributed by atoms with E-state index in [-0.39, 0.29) is 11.1 Å². The zero-order valence-corrected chi connectivity index (χ0v) is 13.4. The van der Waals surface area contributed by atoms with Gasteiger partial charge >= 0.3 is 5.97 Å². The fourth-order valence-corrected chi connectivity index (χ4v) is 2.32. The molecule has 0 aliphatic carbocycles. The molecule has 0 unspecified atom stereocenters. The van der Waals surface area contributed by atoms with Gasteiger partial charge in [-0.1, -0.05) is 25.5 Å². The van der Waals surface area contributed by atoms with Crippen LogP contribution in [0, 0.1) is 17.1 Å². The molecule has 124 valence electrons. The van der Waals surface area contributed by atoms with E-state index in [2.05, 4.69) is 6.92 Å². The van der Waals surface area contributed by atoms with Gasteiger partial charge in [0, 0.05) is 6.61 Å².